The first-order valence-corrected chi connectivity index (χ1v) is 7.62. The monoisotopic (exact) mass is 279 g/mol. The summed E-state index contributed by atoms with van der Waals surface area (Å²) in [5.41, 5.74) is 0.658. The molecule has 1 N–H and O–H groups in total. The normalized spacial score (nSPS) is 10.7. The molecule has 0 radical (unpaired) electrons. The Balaban J connectivity index is 2.13. The van der Waals surface area contributed by atoms with Gasteiger partial charge in [0.15, 0.2) is 0 Å². The maximum Gasteiger partial charge on any atom is 0.252 e. The summed E-state index contributed by atoms with van der Waals surface area (Å²) in [5, 5.41) is 2.95. The second-order valence-electron chi connectivity index (χ2n) is 5.37. The third kappa shape index (κ3) is 6.67. The standard InChI is InChI=1S/C16H25NOS/c1-13(2)9-5-3-4-8-12-17-16(18)14-10-6-7-11-15(14)19/h6-7,10-11,13,19H,3-5,8-9,12H2,1-2H3,(H,17,18). The van der Waals surface area contributed by atoms with Gasteiger partial charge in [-0.25, -0.2) is 0 Å². The number of unbranched alkanes of at least 4 members (excludes halogenated alkanes) is 3. The summed E-state index contributed by atoms with van der Waals surface area (Å²) in [5.74, 6) is 0.777. The fourth-order valence-corrected chi connectivity index (χ4v) is 2.26. The lowest BCUT2D eigenvalue weighted by atomic mass is 10.0. The van der Waals surface area contributed by atoms with E-state index in [1.807, 2.05) is 18.2 Å². The van der Waals surface area contributed by atoms with Gasteiger partial charge in [0.1, 0.15) is 0 Å². The molecule has 1 aromatic rings. The number of benzene rings is 1. The van der Waals surface area contributed by atoms with Crippen LogP contribution in [0.4, 0.5) is 0 Å². The molecule has 106 valence electrons. The van der Waals surface area contributed by atoms with Crippen molar-refractivity contribution in [3.63, 3.8) is 0 Å². The minimum absolute atomic E-state index is 0.0206. The average Bonchev–Trinajstić information content (AvgIpc) is 2.37. The van der Waals surface area contributed by atoms with Gasteiger partial charge in [-0.2, -0.15) is 0 Å². The largest absolute Gasteiger partial charge is 0.352 e. The summed E-state index contributed by atoms with van der Waals surface area (Å²) < 4.78 is 0. The third-order valence-electron chi connectivity index (χ3n) is 3.14. The van der Waals surface area contributed by atoms with Crippen LogP contribution in [0.3, 0.4) is 0 Å². The predicted octanol–water partition coefficient (Wildman–Crippen LogP) is 4.31. The number of carbonyl (C=O) groups excluding carboxylic acids is 1. The number of thiol groups is 1. The molecule has 0 aromatic heterocycles. The second kappa shape index (κ2) is 9.03. The molecule has 0 unspecified atom stereocenters. The van der Waals surface area contributed by atoms with Crippen LogP contribution in [0.15, 0.2) is 29.2 Å². The molecule has 1 aromatic carbocycles. The molecular weight excluding hydrogens is 254 g/mol. The maximum absolute atomic E-state index is 11.9. The molecule has 0 saturated carbocycles. The number of hydrogen-bond donors (Lipinski definition) is 2. The highest BCUT2D eigenvalue weighted by Gasteiger charge is 2.07. The summed E-state index contributed by atoms with van der Waals surface area (Å²) in [4.78, 5) is 12.6. The van der Waals surface area contributed by atoms with Crippen molar-refractivity contribution in [3.05, 3.63) is 29.8 Å². The minimum atomic E-state index is -0.0206. The van der Waals surface area contributed by atoms with Crippen LogP contribution in [-0.2, 0) is 0 Å². The summed E-state index contributed by atoms with van der Waals surface area (Å²) in [6.45, 7) is 5.27. The van der Waals surface area contributed by atoms with Crippen LogP contribution < -0.4 is 5.32 Å². The first kappa shape index (κ1) is 16.1. The van der Waals surface area contributed by atoms with E-state index in [4.69, 9.17) is 0 Å². The number of amides is 1. The Morgan fingerprint density at radius 3 is 2.53 bits per heavy atom. The molecule has 0 aliphatic carbocycles. The molecule has 0 aliphatic heterocycles. The van der Waals surface area contributed by atoms with E-state index in [1.165, 1.54) is 25.7 Å². The van der Waals surface area contributed by atoms with E-state index in [1.54, 1.807) is 6.07 Å². The van der Waals surface area contributed by atoms with E-state index < -0.39 is 0 Å². The fourth-order valence-electron chi connectivity index (χ4n) is 1.99. The molecule has 0 saturated heterocycles. The van der Waals surface area contributed by atoms with Crippen molar-refractivity contribution in [1.29, 1.82) is 0 Å². The first-order chi connectivity index (χ1) is 9.11. The number of nitrogens with one attached hydrogen (secondary N) is 1. The van der Waals surface area contributed by atoms with Crippen molar-refractivity contribution >= 4 is 18.5 Å². The van der Waals surface area contributed by atoms with Crippen molar-refractivity contribution in [2.24, 2.45) is 5.92 Å². The van der Waals surface area contributed by atoms with Crippen molar-refractivity contribution < 1.29 is 4.79 Å². The lowest BCUT2D eigenvalue weighted by Crippen LogP contribution is -2.24. The highest BCUT2D eigenvalue weighted by molar-refractivity contribution is 7.80. The lowest BCUT2D eigenvalue weighted by molar-refractivity contribution is 0.0950. The minimum Gasteiger partial charge on any atom is -0.352 e. The first-order valence-electron chi connectivity index (χ1n) is 7.17. The van der Waals surface area contributed by atoms with Crippen LogP contribution in [0.5, 0.6) is 0 Å². The van der Waals surface area contributed by atoms with E-state index in [0.29, 0.717) is 5.56 Å². The van der Waals surface area contributed by atoms with Crippen molar-refractivity contribution in [2.45, 2.75) is 50.8 Å². The Kier molecular flexibility index (Phi) is 7.65. The van der Waals surface area contributed by atoms with E-state index in [2.05, 4.69) is 31.8 Å². The third-order valence-corrected chi connectivity index (χ3v) is 3.53. The molecule has 1 amide bonds. The zero-order valence-corrected chi connectivity index (χ0v) is 12.9. The van der Waals surface area contributed by atoms with Crippen LogP contribution in [0.2, 0.25) is 0 Å². The van der Waals surface area contributed by atoms with Gasteiger partial charge in [-0.3, -0.25) is 4.79 Å². The van der Waals surface area contributed by atoms with E-state index in [0.717, 1.165) is 23.8 Å². The predicted molar refractivity (Wildman–Crippen MR) is 84.0 cm³/mol. The smallest absolute Gasteiger partial charge is 0.252 e. The highest BCUT2D eigenvalue weighted by atomic mass is 32.1. The molecule has 0 aliphatic rings. The molecule has 0 bridgehead atoms. The molecule has 0 atom stereocenters. The molecule has 19 heavy (non-hydrogen) atoms. The Bertz CT molecular complexity index is 390. The van der Waals surface area contributed by atoms with Gasteiger partial charge in [0.25, 0.3) is 5.91 Å². The lowest BCUT2D eigenvalue weighted by Gasteiger charge is -2.07. The Morgan fingerprint density at radius 2 is 1.84 bits per heavy atom. The molecular formula is C16H25NOS. The number of hydrogen-bond acceptors (Lipinski definition) is 2. The SMILES string of the molecule is CC(C)CCCCCCNC(=O)c1ccccc1S. The summed E-state index contributed by atoms with van der Waals surface area (Å²) in [7, 11) is 0. The molecule has 0 fully saturated rings. The van der Waals surface area contributed by atoms with Crippen LogP contribution in [0.25, 0.3) is 0 Å². The Labute approximate surface area is 122 Å². The van der Waals surface area contributed by atoms with Gasteiger partial charge in [-0.15, -0.1) is 12.6 Å². The Hall–Kier alpha value is -0.960. The van der Waals surface area contributed by atoms with E-state index >= 15 is 0 Å². The van der Waals surface area contributed by atoms with Gasteiger partial charge >= 0.3 is 0 Å². The molecule has 1 rings (SSSR count). The Morgan fingerprint density at radius 1 is 1.16 bits per heavy atom. The number of rotatable bonds is 8. The van der Waals surface area contributed by atoms with Crippen molar-refractivity contribution in [2.75, 3.05) is 6.54 Å². The van der Waals surface area contributed by atoms with E-state index in [9.17, 15) is 4.79 Å². The van der Waals surface area contributed by atoms with Gasteiger partial charge in [0.2, 0.25) is 0 Å². The zero-order chi connectivity index (χ0) is 14.1. The second-order valence-corrected chi connectivity index (χ2v) is 5.85. The van der Waals surface area contributed by atoms with Crippen LogP contribution >= 0.6 is 12.6 Å². The fraction of sp³-hybridized carbons (Fsp3) is 0.562. The quantitative estimate of drug-likeness (QED) is 0.539. The highest BCUT2D eigenvalue weighted by Crippen LogP contribution is 2.12. The average molecular weight is 279 g/mol. The van der Waals surface area contributed by atoms with E-state index in [-0.39, 0.29) is 5.91 Å². The summed E-state index contributed by atoms with van der Waals surface area (Å²) in [6, 6.07) is 7.39. The summed E-state index contributed by atoms with van der Waals surface area (Å²) >= 11 is 4.29. The van der Waals surface area contributed by atoms with Gasteiger partial charge in [-0.05, 0) is 24.5 Å². The number of carbonyl (C=O) groups is 1. The molecule has 2 nitrogen and oxygen atoms in total. The van der Waals surface area contributed by atoms with Crippen molar-refractivity contribution in [1.82, 2.24) is 5.32 Å². The summed E-state index contributed by atoms with van der Waals surface area (Å²) in [6.07, 6.45) is 6.11. The molecule has 3 heteroatoms. The topological polar surface area (TPSA) is 29.1 Å². The van der Waals surface area contributed by atoms with Gasteiger partial charge in [-0.1, -0.05) is 51.7 Å². The maximum atomic E-state index is 11.9. The molecule has 0 spiro atoms. The zero-order valence-electron chi connectivity index (χ0n) is 12.0. The van der Waals surface area contributed by atoms with Gasteiger partial charge in [0, 0.05) is 11.4 Å². The van der Waals surface area contributed by atoms with Gasteiger partial charge in [0.05, 0.1) is 5.56 Å². The van der Waals surface area contributed by atoms with Crippen LogP contribution in [-0.4, -0.2) is 12.5 Å². The van der Waals surface area contributed by atoms with Gasteiger partial charge < -0.3 is 5.32 Å². The molecule has 0 heterocycles. The van der Waals surface area contributed by atoms with Crippen molar-refractivity contribution in [3.8, 4) is 0 Å². The van der Waals surface area contributed by atoms with Crippen LogP contribution in [0.1, 0.15) is 56.3 Å². The van der Waals surface area contributed by atoms with Crippen LogP contribution in [0, 0.1) is 5.92 Å².